The predicted octanol–water partition coefficient (Wildman–Crippen LogP) is 3.58. The van der Waals surface area contributed by atoms with Gasteiger partial charge in [0.2, 0.25) is 0 Å². The van der Waals surface area contributed by atoms with E-state index < -0.39 is 20.2 Å². The van der Waals surface area contributed by atoms with Crippen molar-refractivity contribution in [3.8, 4) is 0 Å². The standard InChI is InChI=1S/C9H19O.C6H5.O.Sn/c1-2-3-4-5-6-7-8-9-10;1-2-4-6-5-3-1;;/h2-9H2,1H3;1-5H;;/q-1;;;+1. The van der Waals surface area contributed by atoms with Crippen LogP contribution in [0.2, 0.25) is 0 Å². The molecule has 0 spiro atoms. The molecule has 0 fully saturated rings. The second-order valence-electron chi connectivity index (χ2n) is 4.62. The summed E-state index contributed by atoms with van der Waals surface area (Å²) in [5.74, 6) is 0. The molecule has 0 aromatic heterocycles. The summed E-state index contributed by atoms with van der Waals surface area (Å²) in [6.45, 7) is 2.90. The van der Waals surface area contributed by atoms with Crippen LogP contribution < -0.4 is 3.58 Å². The molecule has 0 unspecified atom stereocenters. The van der Waals surface area contributed by atoms with Gasteiger partial charge in [0, 0.05) is 0 Å². The second kappa shape index (κ2) is 10.7. The quantitative estimate of drug-likeness (QED) is 0.474. The van der Waals surface area contributed by atoms with Crippen molar-refractivity contribution in [1.29, 1.82) is 0 Å². The van der Waals surface area contributed by atoms with E-state index in [1.165, 1.54) is 38.5 Å². The zero-order valence-corrected chi connectivity index (χ0v) is 14.2. The number of hydrogen-bond donors (Lipinski definition) is 0. The summed E-state index contributed by atoms with van der Waals surface area (Å²) < 4.78 is 18.3. The van der Waals surface area contributed by atoms with Crippen molar-refractivity contribution in [2.75, 3.05) is 6.61 Å². The number of rotatable bonds is 10. The van der Waals surface area contributed by atoms with Gasteiger partial charge < -0.3 is 0 Å². The molecule has 0 bridgehead atoms. The summed E-state index contributed by atoms with van der Waals surface area (Å²) in [6, 6.07) is 9.60. The topological polar surface area (TPSA) is 26.3 Å². The molecular formula is C15H24O2Sn. The molecule has 0 aliphatic carbocycles. The van der Waals surface area contributed by atoms with Crippen molar-refractivity contribution in [1.82, 2.24) is 0 Å². The maximum atomic E-state index is 11.9. The van der Waals surface area contributed by atoms with Gasteiger partial charge in [0.1, 0.15) is 0 Å². The normalized spacial score (nSPS) is 10.5. The van der Waals surface area contributed by atoms with Gasteiger partial charge in [-0.1, -0.05) is 0 Å². The number of benzene rings is 1. The van der Waals surface area contributed by atoms with E-state index in [9.17, 15) is 3.08 Å². The van der Waals surface area contributed by atoms with Gasteiger partial charge in [0.25, 0.3) is 0 Å². The number of hydrogen-bond acceptors (Lipinski definition) is 2. The minimum atomic E-state index is -2.95. The first-order chi connectivity index (χ1) is 8.84. The Morgan fingerprint density at radius 3 is 2.22 bits per heavy atom. The zero-order chi connectivity index (χ0) is 13.1. The van der Waals surface area contributed by atoms with Crippen LogP contribution in [0.4, 0.5) is 0 Å². The van der Waals surface area contributed by atoms with E-state index in [1.807, 2.05) is 30.3 Å². The molecule has 1 aromatic rings. The van der Waals surface area contributed by atoms with Crippen LogP contribution in [0, 0.1) is 0 Å². The summed E-state index contributed by atoms with van der Waals surface area (Å²) in [6.07, 6.45) is 8.86. The average molecular weight is 355 g/mol. The fourth-order valence-electron chi connectivity index (χ4n) is 1.88. The zero-order valence-electron chi connectivity index (χ0n) is 11.4. The van der Waals surface area contributed by atoms with Gasteiger partial charge in [-0.15, -0.1) is 0 Å². The van der Waals surface area contributed by atoms with Gasteiger partial charge in [0.15, 0.2) is 0 Å². The third-order valence-corrected chi connectivity index (χ3v) is 6.62. The van der Waals surface area contributed by atoms with Crippen molar-refractivity contribution < 1.29 is 6.15 Å². The van der Waals surface area contributed by atoms with E-state index in [-0.39, 0.29) is 0 Å². The van der Waals surface area contributed by atoms with Crippen molar-refractivity contribution in [2.24, 2.45) is 0 Å². The molecule has 0 aliphatic rings. The third-order valence-electron chi connectivity index (χ3n) is 2.99. The minimum absolute atomic E-state index is 0.668. The number of unbranched alkanes of at least 4 members (excludes halogenated alkanes) is 6. The van der Waals surface area contributed by atoms with Gasteiger partial charge in [-0.25, -0.2) is 0 Å². The van der Waals surface area contributed by atoms with Crippen LogP contribution in [0.3, 0.4) is 0 Å². The molecule has 100 valence electrons. The van der Waals surface area contributed by atoms with Gasteiger partial charge in [0.05, 0.1) is 0 Å². The molecule has 0 atom stereocenters. The molecular weight excluding hydrogens is 331 g/mol. The van der Waals surface area contributed by atoms with E-state index >= 15 is 0 Å². The Kier molecular flexibility index (Phi) is 9.39. The Bertz CT molecular complexity index is 325. The van der Waals surface area contributed by atoms with Crippen molar-refractivity contribution >= 4 is 23.7 Å². The van der Waals surface area contributed by atoms with E-state index in [2.05, 4.69) is 6.92 Å². The second-order valence-corrected chi connectivity index (χ2v) is 8.74. The Morgan fingerprint density at radius 1 is 0.944 bits per heavy atom. The van der Waals surface area contributed by atoms with Crippen LogP contribution in [0.5, 0.6) is 0 Å². The SMILES string of the molecule is CCCCCCCCC[O][Sn](=[O])[c]1ccccc1. The van der Waals surface area contributed by atoms with E-state index in [1.54, 1.807) is 0 Å². The maximum absolute atomic E-state index is 11.9. The molecule has 0 amide bonds. The predicted molar refractivity (Wildman–Crippen MR) is 76.5 cm³/mol. The molecule has 0 radical (unpaired) electrons. The molecule has 1 aromatic carbocycles. The summed E-state index contributed by atoms with van der Waals surface area (Å²) in [4.78, 5) is 0. The first kappa shape index (κ1) is 15.8. The van der Waals surface area contributed by atoms with Crippen LogP contribution in [-0.2, 0) is 6.15 Å². The van der Waals surface area contributed by atoms with Gasteiger partial charge in [-0.2, -0.15) is 0 Å². The molecule has 0 saturated heterocycles. The Labute approximate surface area is 118 Å². The van der Waals surface area contributed by atoms with Crippen LogP contribution in [0.1, 0.15) is 51.9 Å². The average Bonchev–Trinajstić information content (AvgIpc) is 2.42. The Morgan fingerprint density at radius 2 is 1.56 bits per heavy atom. The Hall–Kier alpha value is -0.221. The molecule has 1 rings (SSSR count). The monoisotopic (exact) mass is 356 g/mol. The van der Waals surface area contributed by atoms with Crippen molar-refractivity contribution in [2.45, 2.75) is 51.9 Å². The fourth-order valence-corrected chi connectivity index (χ4v) is 4.62. The Balaban J connectivity index is 2.00. The van der Waals surface area contributed by atoms with Crippen molar-refractivity contribution in [3.05, 3.63) is 30.3 Å². The van der Waals surface area contributed by atoms with Gasteiger partial charge >= 0.3 is 119 Å². The first-order valence-electron chi connectivity index (χ1n) is 7.06. The van der Waals surface area contributed by atoms with E-state index in [0.29, 0.717) is 6.61 Å². The van der Waals surface area contributed by atoms with Gasteiger partial charge in [-0.3, -0.25) is 0 Å². The molecule has 0 heterocycles. The van der Waals surface area contributed by atoms with Crippen LogP contribution >= 0.6 is 0 Å². The summed E-state index contributed by atoms with van der Waals surface area (Å²) in [5, 5.41) is 0. The first-order valence-corrected chi connectivity index (χ1v) is 10.8. The van der Waals surface area contributed by atoms with Crippen molar-refractivity contribution in [3.63, 3.8) is 0 Å². The molecule has 3 heteroatoms. The van der Waals surface area contributed by atoms with E-state index in [0.717, 1.165) is 10.0 Å². The van der Waals surface area contributed by atoms with E-state index in [4.69, 9.17) is 3.07 Å². The summed E-state index contributed by atoms with van der Waals surface area (Å²) in [7, 11) is 0. The molecule has 0 saturated carbocycles. The summed E-state index contributed by atoms with van der Waals surface area (Å²) >= 11 is -2.95. The molecule has 18 heavy (non-hydrogen) atoms. The van der Waals surface area contributed by atoms with Gasteiger partial charge in [-0.05, 0) is 0 Å². The third kappa shape index (κ3) is 7.27. The molecule has 2 nitrogen and oxygen atoms in total. The summed E-state index contributed by atoms with van der Waals surface area (Å²) in [5.41, 5.74) is 0. The van der Waals surface area contributed by atoms with Crippen LogP contribution in [0.15, 0.2) is 30.3 Å². The van der Waals surface area contributed by atoms with Crippen LogP contribution in [-0.4, -0.2) is 26.8 Å². The van der Waals surface area contributed by atoms with Crippen LogP contribution in [0.25, 0.3) is 0 Å². The molecule has 0 aliphatic heterocycles. The fraction of sp³-hybridized carbons (Fsp3) is 0.600. The molecule has 0 N–H and O–H groups in total.